The van der Waals surface area contributed by atoms with E-state index in [1.54, 1.807) is 60.4 Å². The summed E-state index contributed by atoms with van der Waals surface area (Å²) in [4.78, 5) is 27.2. The molecule has 1 aliphatic rings. The van der Waals surface area contributed by atoms with Crippen molar-refractivity contribution in [3.63, 3.8) is 0 Å². The zero-order chi connectivity index (χ0) is 23.4. The molecule has 1 aromatic heterocycles. The Morgan fingerprint density at radius 3 is 2.58 bits per heavy atom. The molecule has 1 atom stereocenters. The van der Waals surface area contributed by atoms with Gasteiger partial charge >= 0.3 is 0 Å². The molecular formula is C24H25N3O5S. The lowest BCUT2D eigenvalue weighted by Gasteiger charge is -2.31. The van der Waals surface area contributed by atoms with Crippen molar-refractivity contribution in [1.82, 2.24) is 4.90 Å². The van der Waals surface area contributed by atoms with Crippen molar-refractivity contribution in [2.24, 2.45) is 5.92 Å². The molecule has 1 fully saturated rings. The van der Waals surface area contributed by atoms with E-state index >= 15 is 0 Å². The van der Waals surface area contributed by atoms with Crippen molar-refractivity contribution in [3.8, 4) is 0 Å². The number of rotatable bonds is 6. The van der Waals surface area contributed by atoms with Crippen LogP contribution in [0.1, 0.15) is 29.0 Å². The molecule has 33 heavy (non-hydrogen) atoms. The first-order chi connectivity index (χ1) is 15.8. The molecule has 2 heterocycles. The molecule has 172 valence electrons. The second-order valence-corrected chi connectivity index (χ2v) is 9.69. The molecule has 2 amide bonds. The van der Waals surface area contributed by atoms with Gasteiger partial charge in [0.1, 0.15) is 0 Å². The van der Waals surface area contributed by atoms with Crippen LogP contribution in [0.3, 0.4) is 0 Å². The highest BCUT2D eigenvalue weighted by Crippen LogP contribution is 2.25. The lowest BCUT2D eigenvalue weighted by Crippen LogP contribution is -2.43. The van der Waals surface area contributed by atoms with Gasteiger partial charge in [-0.2, -0.15) is 0 Å². The van der Waals surface area contributed by atoms with E-state index in [4.69, 9.17) is 4.42 Å². The third-order valence-corrected chi connectivity index (χ3v) is 7.00. The third-order valence-electron chi connectivity index (χ3n) is 5.61. The summed E-state index contributed by atoms with van der Waals surface area (Å²) in [5.74, 6) is -0.563. The topological polar surface area (TPSA) is 109 Å². The summed E-state index contributed by atoms with van der Waals surface area (Å²) in [6.07, 6.45) is 2.82. The van der Waals surface area contributed by atoms with Crippen LogP contribution in [0.5, 0.6) is 0 Å². The average molecular weight is 468 g/mol. The van der Waals surface area contributed by atoms with Gasteiger partial charge in [-0.15, -0.1) is 0 Å². The molecule has 1 aliphatic heterocycles. The lowest BCUT2D eigenvalue weighted by molar-refractivity contribution is -0.121. The fraction of sp³-hybridized carbons (Fsp3) is 0.250. The predicted octanol–water partition coefficient (Wildman–Crippen LogP) is 3.88. The maximum Gasteiger partial charge on any atom is 0.289 e. The maximum atomic E-state index is 12.9. The smallest absolute Gasteiger partial charge is 0.289 e. The molecule has 2 N–H and O–H groups in total. The number of piperidine rings is 1. The number of nitrogens with one attached hydrogen (secondary N) is 2. The van der Waals surface area contributed by atoms with Crippen LogP contribution in [0.15, 0.2) is 76.2 Å². The Morgan fingerprint density at radius 1 is 1.06 bits per heavy atom. The normalized spacial score (nSPS) is 16.3. The second kappa shape index (κ2) is 9.50. The van der Waals surface area contributed by atoms with E-state index in [0.717, 1.165) is 5.56 Å². The van der Waals surface area contributed by atoms with Crippen molar-refractivity contribution >= 4 is 33.2 Å². The first-order valence-electron chi connectivity index (χ1n) is 10.7. The van der Waals surface area contributed by atoms with E-state index in [0.29, 0.717) is 37.3 Å². The second-order valence-electron chi connectivity index (χ2n) is 8.01. The molecule has 0 radical (unpaired) electrons. The molecule has 0 aliphatic carbocycles. The zero-order valence-corrected chi connectivity index (χ0v) is 19.0. The maximum absolute atomic E-state index is 12.9. The summed E-state index contributed by atoms with van der Waals surface area (Å²) in [5, 5.41) is 2.86. The number of likely N-dealkylation sites (tertiary alicyclic amines) is 1. The Bertz CT molecular complexity index is 1240. The summed E-state index contributed by atoms with van der Waals surface area (Å²) < 4.78 is 33.2. The Kier molecular flexibility index (Phi) is 6.50. The van der Waals surface area contributed by atoms with Crippen molar-refractivity contribution < 1.29 is 22.4 Å². The van der Waals surface area contributed by atoms with E-state index < -0.39 is 10.0 Å². The van der Waals surface area contributed by atoms with Crippen molar-refractivity contribution in [1.29, 1.82) is 0 Å². The van der Waals surface area contributed by atoms with E-state index in [-0.39, 0.29) is 28.4 Å². The molecular weight excluding hydrogens is 442 g/mol. The van der Waals surface area contributed by atoms with Crippen molar-refractivity contribution in [2.45, 2.75) is 24.7 Å². The standard InChI is InChI=1S/C24H25N3O5S/c1-17-11-12-19(15-21(17)26-33(30,31)20-8-3-2-4-9-20)25-23(28)18-7-5-13-27(16-18)24(29)22-10-6-14-32-22/h2-4,6,8-12,14-15,18,26H,5,7,13,16H2,1H3,(H,25,28). The van der Waals surface area contributed by atoms with Crippen LogP contribution in [-0.2, 0) is 14.8 Å². The van der Waals surface area contributed by atoms with Gasteiger partial charge in [-0.3, -0.25) is 14.3 Å². The monoisotopic (exact) mass is 467 g/mol. The fourth-order valence-corrected chi connectivity index (χ4v) is 4.93. The molecule has 4 rings (SSSR count). The van der Waals surface area contributed by atoms with Gasteiger partial charge in [0.2, 0.25) is 5.91 Å². The van der Waals surface area contributed by atoms with Gasteiger partial charge in [-0.05, 0) is 61.7 Å². The number of nitrogens with zero attached hydrogens (tertiary/aromatic N) is 1. The number of carbonyl (C=O) groups excluding carboxylic acids is 2. The minimum absolute atomic E-state index is 0.155. The van der Waals surface area contributed by atoms with Crippen LogP contribution in [-0.4, -0.2) is 38.2 Å². The molecule has 0 spiro atoms. The van der Waals surface area contributed by atoms with Crippen molar-refractivity contribution in [2.75, 3.05) is 23.1 Å². The SMILES string of the molecule is Cc1ccc(NC(=O)C2CCCN(C(=O)c3ccco3)C2)cc1NS(=O)(=O)c1ccccc1. The van der Waals surface area contributed by atoms with Crippen molar-refractivity contribution in [3.05, 3.63) is 78.3 Å². The number of amides is 2. The van der Waals surface area contributed by atoms with Crippen LogP contribution in [0.2, 0.25) is 0 Å². The molecule has 9 heteroatoms. The highest BCUT2D eigenvalue weighted by Gasteiger charge is 2.30. The zero-order valence-electron chi connectivity index (χ0n) is 18.2. The summed E-state index contributed by atoms with van der Waals surface area (Å²) >= 11 is 0. The molecule has 0 saturated carbocycles. The average Bonchev–Trinajstić information content (AvgIpc) is 3.36. The first kappa shape index (κ1) is 22.6. The highest BCUT2D eigenvalue weighted by atomic mass is 32.2. The van der Waals surface area contributed by atoms with E-state index in [2.05, 4.69) is 10.0 Å². The molecule has 1 saturated heterocycles. The van der Waals surface area contributed by atoms with E-state index in [1.165, 1.54) is 18.4 Å². The van der Waals surface area contributed by atoms with E-state index in [9.17, 15) is 18.0 Å². The molecule has 0 bridgehead atoms. The predicted molar refractivity (Wildman–Crippen MR) is 124 cm³/mol. The van der Waals surface area contributed by atoms with Gasteiger partial charge in [0, 0.05) is 18.8 Å². The number of anilines is 2. The number of aryl methyl sites for hydroxylation is 1. The largest absolute Gasteiger partial charge is 0.459 e. The Hall–Kier alpha value is -3.59. The Morgan fingerprint density at radius 2 is 1.85 bits per heavy atom. The summed E-state index contributed by atoms with van der Waals surface area (Å²) in [5.41, 5.74) is 1.58. The minimum Gasteiger partial charge on any atom is -0.459 e. The Labute approximate surface area is 192 Å². The molecule has 8 nitrogen and oxygen atoms in total. The van der Waals surface area contributed by atoms with Crippen LogP contribution in [0, 0.1) is 12.8 Å². The number of hydrogen-bond acceptors (Lipinski definition) is 5. The summed E-state index contributed by atoms with van der Waals surface area (Å²) in [6.45, 7) is 2.65. The van der Waals surface area contributed by atoms with Crippen LogP contribution < -0.4 is 10.0 Å². The van der Waals surface area contributed by atoms with Gasteiger partial charge in [-0.25, -0.2) is 8.42 Å². The molecule has 1 unspecified atom stereocenters. The summed E-state index contributed by atoms with van der Waals surface area (Å²) in [6, 6.07) is 16.4. The Balaban J connectivity index is 1.44. The first-order valence-corrected chi connectivity index (χ1v) is 12.1. The van der Waals surface area contributed by atoms with Gasteiger partial charge < -0.3 is 14.6 Å². The lowest BCUT2D eigenvalue weighted by atomic mass is 9.96. The van der Waals surface area contributed by atoms with Gasteiger partial charge in [-0.1, -0.05) is 24.3 Å². The molecule has 3 aromatic rings. The van der Waals surface area contributed by atoms with Crippen LogP contribution >= 0.6 is 0 Å². The van der Waals surface area contributed by atoms with E-state index in [1.807, 2.05) is 0 Å². The number of sulfonamides is 1. The third kappa shape index (κ3) is 5.25. The number of benzene rings is 2. The quantitative estimate of drug-likeness (QED) is 0.572. The minimum atomic E-state index is -3.76. The van der Waals surface area contributed by atoms with Crippen LogP contribution in [0.4, 0.5) is 11.4 Å². The van der Waals surface area contributed by atoms with Crippen LogP contribution in [0.25, 0.3) is 0 Å². The van der Waals surface area contributed by atoms with Gasteiger partial charge in [0.25, 0.3) is 15.9 Å². The van der Waals surface area contributed by atoms with Gasteiger partial charge in [0.15, 0.2) is 5.76 Å². The number of hydrogen-bond donors (Lipinski definition) is 2. The summed E-state index contributed by atoms with van der Waals surface area (Å²) in [7, 11) is -3.76. The number of furan rings is 1. The highest BCUT2D eigenvalue weighted by molar-refractivity contribution is 7.92. The van der Waals surface area contributed by atoms with Gasteiger partial charge in [0.05, 0.1) is 22.8 Å². The fourth-order valence-electron chi connectivity index (χ4n) is 3.79. The molecule has 2 aromatic carbocycles. The number of carbonyl (C=O) groups is 2.